The molecule has 132 valence electrons. The molecule has 0 atom stereocenters. The van der Waals surface area contributed by atoms with Gasteiger partial charge in [-0.25, -0.2) is 0 Å². The highest BCUT2D eigenvalue weighted by Gasteiger charge is 2.25. The van der Waals surface area contributed by atoms with Crippen LogP contribution in [0.15, 0.2) is 30.3 Å². The van der Waals surface area contributed by atoms with Gasteiger partial charge in [-0.15, -0.1) is 0 Å². The number of hydrogen-bond donors (Lipinski definition) is 1. The molecule has 0 bridgehead atoms. The lowest BCUT2D eigenvalue weighted by molar-refractivity contribution is -0.133. The van der Waals surface area contributed by atoms with E-state index in [0.29, 0.717) is 19.6 Å². The molecule has 0 aliphatic carbocycles. The minimum absolute atomic E-state index is 0.0580. The van der Waals surface area contributed by atoms with Gasteiger partial charge in [-0.2, -0.15) is 0 Å². The molecule has 0 radical (unpaired) electrons. The first-order valence-electron chi connectivity index (χ1n) is 8.82. The second kappa shape index (κ2) is 9.42. The molecule has 1 aromatic rings. The van der Waals surface area contributed by atoms with Crippen molar-refractivity contribution in [3.8, 4) is 0 Å². The zero-order valence-corrected chi connectivity index (χ0v) is 14.8. The second-order valence-corrected chi connectivity index (χ2v) is 6.65. The monoisotopic (exact) mass is 331 g/mol. The summed E-state index contributed by atoms with van der Waals surface area (Å²) in [5, 5.41) is 3.05. The first kappa shape index (κ1) is 18.5. The normalized spacial score (nSPS) is 15.5. The Balaban J connectivity index is 1.58. The summed E-state index contributed by atoms with van der Waals surface area (Å²) >= 11 is 0. The molecule has 24 heavy (non-hydrogen) atoms. The van der Waals surface area contributed by atoms with E-state index in [2.05, 4.69) is 41.5 Å². The van der Waals surface area contributed by atoms with E-state index in [0.717, 1.165) is 32.4 Å². The first-order chi connectivity index (χ1) is 11.6. The number of rotatable bonds is 7. The van der Waals surface area contributed by atoms with Gasteiger partial charge in [-0.05, 0) is 38.4 Å². The fourth-order valence-electron chi connectivity index (χ4n) is 3.14. The highest BCUT2D eigenvalue weighted by atomic mass is 16.2. The SMILES string of the molecule is CC(=O)N1CCC(C(=O)NCCCN(C)Cc2ccccc2)CC1. The smallest absolute Gasteiger partial charge is 0.223 e. The Bertz CT molecular complexity index is 525. The summed E-state index contributed by atoms with van der Waals surface area (Å²) in [7, 11) is 2.10. The fraction of sp³-hybridized carbons (Fsp3) is 0.579. The number of nitrogens with one attached hydrogen (secondary N) is 1. The summed E-state index contributed by atoms with van der Waals surface area (Å²) in [6.07, 6.45) is 2.50. The Morgan fingerprint density at radius 2 is 1.88 bits per heavy atom. The summed E-state index contributed by atoms with van der Waals surface area (Å²) in [5.74, 6) is 0.307. The van der Waals surface area contributed by atoms with Crippen molar-refractivity contribution >= 4 is 11.8 Å². The minimum Gasteiger partial charge on any atom is -0.356 e. The van der Waals surface area contributed by atoms with Crippen LogP contribution in [0.5, 0.6) is 0 Å². The van der Waals surface area contributed by atoms with Crippen LogP contribution in [0.4, 0.5) is 0 Å². The summed E-state index contributed by atoms with van der Waals surface area (Å²) in [6.45, 7) is 5.59. The van der Waals surface area contributed by atoms with Crippen molar-refractivity contribution in [2.45, 2.75) is 32.7 Å². The van der Waals surface area contributed by atoms with Gasteiger partial charge in [0.2, 0.25) is 11.8 Å². The van der Waals surface area contributed by atoms with Gasteiger partial charge in [0.25, 0.3) is 0 Å². The van der Waals surface area contributed by atoms with Gasteiger partial charge in [0.15, 0.2) is 0 Å². The third-order valence-corrected chi connectivity index (χ3v) is 4.62. The Morgan fingerprint density at radius 3 is 2.50 bits per heavy atom. The third-order valence-electron chi connectivity index (χ3n) is 4.62. The van der Waals surface area contributed by atoms with Gasteiger partial charge in [-0.1, -0.05) is 30.3 Å². The number of carbonyl (C=O) groups excluding carboxylic acids is 2. The van der Waals surface area contributed by atoms with Gasteiger partial charge in [0.05, 0.1) is 0 Å². The quantitative estimate of drug-likeness (QED) is 0.776. The lowest BCUT2D eigenvalue weighted by Gasteiger charge is -2.30. The van der Waals surface area contributed by atoms with Gasteiger partial charge in [-0.3, -0.25) is 9.59 Å². The van der Waals surface area contributed by atoms with Crippen molar-refractivity contribution in [2.24, 2.45) is 5.92 Å². The van der Waals surface area contributed by atoms with Crippen LogP contribution in [0.2, 0.25) is 0 Å². The van der Waals surface area contributed by atoms with Crippen LogP contribution in [0.25, 0.3) is 0 Å². The largest absolute Gasteiger partial charge is 0.356 e. The standard InChI is InChI=1S/C19H29N3O2/c1-16(23)22-13-9-18(10-14-22)19(24)20-11-6-12-21(2)15-17-7-4-3-5-8-17/h3-5,7-8,18H,6,9-15H2,1-2H3,(H,20,24). The predicted octanol–water partition coefficient (Wildman–Crippen LogP) is 1.88. The molecule has 1 saturated heterocycles. The van der Waals surface area contributed by atoms with Gasteiger partial charge in [0.1, 0.15) is 0 Å². The van der Waals surface area contributed by atoms with Crippen LogP contribution in [-0.2, 0) is 16.1 Å². The van der Waals surface area contributed by atoms with E-state index in [4.69, 9.17) is 0 Å². The van der Waals surface area contributed by atoms with E-state index in [1.165, 1.54) is 5.56 Å². The summed E-state index contributed by atoms with van der Waals surface area (Å²) in [5.41, 5.74) is 1.31. The van der Waals surface area contributed by atoms with Crippen LogP contribution in [0.3, 0.4) is 0 Å². The molecule has 1 N–H and O–H groups in total. The Hall–Kier alpha value is -1.88. The van der Waals surface area contributed by atoms with Crippen molar-refractivity contribution < 1.29 is 9.59 Å². The molecular weight excluding hydrogens is 302 g/mol. The average molecular weight is 331 g/mol. The molecule has 1 fully saturated rings. The number of hydrogen-bond acceptors (Lipinski definition) is 3. The summed E-state index contributed by atoms with van der Waals surface area (Å²) in [4.78, 5) is 27.6. The highest BCUT2D eigenvalue weighted by Crippen LogP contribution is 2.17. The Labute approximate surface area is 145 Å². The zero-order chi connectivity index (χ0) is 17.4. The second-order valence-electron chi connectivity index (χ2n) is 6.65. The number of piperidine rings is 1. The maximum absolute atomic E-state index is 12.2. The topological polar surface area (TPSA) is 52.7 Å². The molecule has 0 spiro atoms. The number of nitrogens with zero attached hydrogens (tertiary/aromatic N) is 2. The number of benzene rings is 1. The fourth-order valence-corrected chi connectivity index (χ4v) is 3.14. The minimum atomic E-state index is 0.0580. The predicted molar refractivity (Wildman–Crippen MR) is 95.4 cm³/mol. The number of amides is 2. The van der Waals surface area contributed by atoms with Gasteiger partial charge in [0, 0.05) is 39.0 Å². The highest BCUT2D eigenvalue weighted by molar-refractivity contribution is 5.79. The van der Waals surface area contributed by atoms with E-state index in [-0.39, 0.29) is 17.7 Å². The number of carbonyl (C=O) groups is 2. The zero-order valence-electron chi connectivity index (χ0n) is 14.8. The van der Waals surface area contributed by atoms with E-state index in [1.54, 1.807) is 6.92 Å². The molecule has 5 heteroatoms. The number of likely N-dealkylation sites (tertiary alicyclic amines) is 1. The molecule has 1 aromatic carbocycles. The molecule has 0 unspecified atom stereocenters. The molecular formula is C19H29N3O2. The van der Waals surface area contributed by atoms with Crippen molar-refractivity contribution in [1.29, 1.82) is 0 Å². The summed E-state index contributed by atoms with van der Waals surface area (Å²) in [6, 6.07) is 10.4. The first-order valence-corrected chi connectivity index (χ1v) is 8.82. The van der Waals surface area contributed by atoms with Crippen molar-refractivity contribution in [1.82, 2.24) is 15.1 Å². The third kappa shape index (κ3) is 5.96. The molecule has 0 saturated carbocycles. The lowest BCUT2D eigenvalue weighted by atomic mass is 9.96. The molecule has 1 heterocycles. The van der Waals surface area contributed by atoms with Gasteiger partial charge < -0.3 is 15.1 Å². The van der Waals surface area contributed by atoms with E-state index >= 15 is 0 Å². The van der Waals surface area contributed by atoms with Crippen LogP contribution in [-0.4, -0.2) is 54.8 Å². The Kier molecular flexibility index (Phi) is 7.25. The van der Waals surface area contributed by atoms with Crippen LogP contribution < -0.4 is 5.32 Å². The molecule has 2 amide bonds. The lowest BCUT2D eigenvalue weighted by Crippen LogP contribution is -2.42. The van der Waals surface area contributed by atoms with Crippen LogP contribution in [0.1, 0.15) is 31.7 Å². The van der Waals surface area contributed by atoms with E-state index < -0.39 is 0 Å². The molecule has 0 aromatic heterocycles. The van der Waals surface area contributed by atoms with Crippen LogP contribution in [0, 0.1) is 5.92 Å². The molecule has 5 nitrogen and oxygen atoms in total. The van der Waals surface area contributed by atoms with Crippen molar-refractivity contribution in [3.63, 3.8) is 0 Å². The van der Waals surface area contributed by atoms with Crippen molar-refractivity contribution in [3.05, 3.63) is 35.9 Å². The molecule has 2 rings (SSSR count). The average Bonchev–Trinajstić information content (AvgIpc) is 2.59. The molecule has 1 aliphatic rings. The maximum Gasteiger partial charge on any atom is 0.223 e. The van der Waals surface area contributed by atoms with Gasteiger partial charge >= 0.3 is 0 Å². The summed E-state index contributed by atoms with van der Waals surface area (Å²) < 4.78 is 0. The van der Waals surface area contributed by atoms with Crippen LogP contribution >= 0.6 is 0 Å². The maximum atomic E-state index is 12.2. The van der Waals surface area contributed by atoms with E-state index in [9.17, 15) is 9.59 Å². The molecule has 1 aliphatic heterocycles. The Morgan fingerprint density at radius 1 is 1.21 bits per heavy atom. The van der Waals surface area contributed by atoms with Crippen molar-refractivity contribution in [2.75, 3.05) is 33.2 Å². The van der Waals surface area contributed by atoms with E-state index in [1.807, 2.05) is 11.0 Å².